The fourth-order valence-corrected chi connectivity index (χ4v) is 4.31. The zero-order valence-corrected chi connectivity index (χ0v) is 16.8. The third-order valence-corrected chi connectivity index (χ3v) is 6.13. The molecule has 1 N–H and O–H groups in total. The van der Waals surface area contributed by atoms with E-state index in [1.807, 2.05) is 0 Å². The second-order valence-corrected chi connectivity index (χ2v) is 8.41. The average molecular weight is 416 g/mol. The van der Waals surface area contributed by atoms with E-state index in [1.165, 1.54) is 13.0 Å². The van der Waals surface area contributed by atoms with Gasteiger partial charge in [-0.15, -0.1) is 15.3 Å². The molecule has 0 saturated heterocycles. The lowest BCUT2D eigenvalue weighted by Crippen LogP contribution is -2.28. The van der Waals surface area contributed by atoms with Crippen molar-refractivity contribution in [1.29, 1.82) is 0 Å². The van der Waals surface area contributed by atoms with Crippen molar-refractivity contribution in [2.24, 2.45) is 0 Å². The van der Waals surface area contributed by atoms with Crippen molar-refractivity contribution in [3.8, 4) is 5.88 Å². The van der Waals surface area contributed by atoms with Crippen LogP contribution in [0, 0.1) is 6.92 Å². The summed E-state index contributed by atoms with van der Waals surface area (Å²) in [7, 11) is -3.69. The summed E-state index contributed by atoms with van der Waals surface area (Å²) >= 11 is 0. The highest BCUT2D eigenvalue weighted by Gasteiger charge is 2.24. The van der Waals surface area contributed by atoms with Gasteiger partial charge in [0.15, 0.2) is 11.5 Å². The zero-order valence-electron chi connectivity index (χ0n) is 16.0. The summed E-state index contributed by atoms with van der Waals surface area (Å²) in [6.07, 6.45) is 0.637. The molecule has 0 radical (unpaired) electrons. The van der Waals surface area contributed by atoms with Gasteiger partial charge in [-0.3, -0.25) is 4.79 Å². The molecule has 0 atom stereocenters. The van der Waals surface area contributed by atoms with E-state index in [9.17, 15) is 13.2 Å². The second-order valence-electron chi connectivity index (χ2n) is 6.65. The summed E-state index contributed by atoms with van der Waals surface area (Å²) in [5.41, 5.74) is 2.22. The molecule has 4 rings (SSSR count). The molecule has 0 saturated carbocycles. The maximum absolute atomic E-state index is 12.6. The number of nitrogens with zero attached hydrogens (tertiary/aromatic N) is 5. The van der Waals surface area contributed by atoms with Gasteiger partial charge in [0.2, 0.25) is 21.8 Å². The zero-order chi connectivity index (χ0) is 20.6. The van der Waals surface area contributed by atoms with Gasteiger partial charge in [0.05, 0.1) is 4.90 Å². The van der Waals surface area contributed by atoms with E-state index in [2.05, 4.69) is 20.0 Å². The SMILES string of the molecule is CC(=O)N1CCc2cc(S(=O)(=O)NCCOc3ccc4nnc(C)n4n3)ccc21. The molecule has 3 heterocycles. The van der Waals surface area contributed by atoms with Crippen molar-refractivity contribution in [2.45, 2.75) is 25.2 Å². The van der Waals surface area contributed by atoms with Crippen molar-refractivity contribution < 1.29 is 17.9 Å². The van der Waals surface area contributed by atoms with Crippen LogP contribution in [0.25, 0.3) is 5.65 Å². The molecule has 1 aliphatic rings. The highest BCUT2D eigenvalue weighted by molar-refractivity contribution is 7.89. The van der Waals surface area contributed by atoms with Crippen LogP contribution in [-0.4, -0.2) is 53.8 Å². The molecule has 1 amide bonds. The van der Waals surface area contributed by atoms with E-state index >= 15 is 0 Å². The van der Waals surface area contributed by atoms with E-state index in [0.717, 1.165) is 11.3 Å². The van der Waals surface area contributed by atoms with Crippen LogP contribution >= 0.6 is 0 Å². The molecular formula is C18H20N6O4S. The molecule has 1 aromatic carbocycles. The number of amides is 1. The molecule has 3 aromatic rings. The van der Waals surface area contributed by atoms with Crippen LogP contribution in [0.1, 0.15) is 18.3 Å². The Kier molecular flexibility index (Phi) is 4.92. The molecule has 0 aliphatic carbocycles. The predicted octanol–water partition coefficient (Wildman–Crippen LogP) is 0.699. The summed E-state index contributed by atoms with van der Waals surface area (Å²) in [5, 5.41) is 12.1. The monoisotopic (exact) mass is 416 g/mol. The standard InChI is InChI=1S/C18H20N6O4S/c1-12-20-21-17-5-6-18(22-24(12)17)28-10-8-19-29(26,27)15-3-4-16-14(11-15)7-9-23(16)13(2)25/h3-6,11,19H,7-10H2,1-2H3. The van der Waals surface area contributed by atoms with Gasteiger partial charge in [0, 0.05) is 31.8 Å². The van der Waals surface area contributed by atoms with E-state index in [-0.39, 0.29) is 24.0 Å². The number of carbonyl (C=O) groups is 1. The number of benzene rings is 1. The first-order valence-corrected chi connectivity index (χ1v) is 10.6. The Hall–Kier alpha value is -3.05. The van der Waals surface area contributed by atoms with Gasteiger partial charge in [-0.05, 0) is 43.2 Å². The summed E-state index contributed by atoms with van der Waals surface area (Å²) in [4.78, 5) is 13.4. The summed E-state index contributed by atoms with van der Waals surface area (Å²) < 4.78 is 34.7. The fourth-order valence-electron chi connectivity index (χ4n) is 3.24. The van der Waals surface area contributed by atoms with Gasteiger partial charge < -0.3 is 9.64 Å². The maximum Gasteiger partial charge on any atom is 0.240 e. The van der Waals surface area contributed by atoms with Gasteiger partial charge >= 0.3 is 0 Å². The Morgan fingerprint density at radius 2 is 2.07 bits per heavy atom. The molecule has 0 bridgehead atoms. The Bertz CT molecular complexity index is 1190. The second kappa shape index (κ2) is 7.41. The highest BCUT2D eigenvalue weighted by Crippen LogP contribution is 2.30. The van der Waals surface area contributed by atoms with Gasteiger partial charge in [0.25, 0.3) is 0 Å². The third kappa shape index (κ3) is 3.78. The number of aryl methyl sites for hydroxylation is 1. The normalized spacial score (nSPS) is 13.7. The largest absolute Gasteiger partial charge is 0.475 e. The van der Waals surface area contributed by atoms with Crippen molar-refractivity contribution in [3.63, 3.8) is 0 Å². The Balaban J connectivity index is 1.38. The first-order valence-electron chi connectivity index (χ1n) is 9.08. The highest BCUT2D eigenvalue weighted by atomic mass is 32.2. The van der Waals surface area contributed by atoms with Gasteiger partial charge in [-0.2, -0.15) is 4.52 Å². The summed E-state index contributed by atoms with van der Waals surface area (Å²) in [5.74, 6) is 0.927. The Morgan fingerprint density at radius 3 is 2.86 bits per heavy atom. The van der Waals surface area contributed by atoms with Crippen molar-refractivity contribution in [3.05, 3.63) is 41.7 Å². The molecule has 0 fully saturated rings. The maximum atomic E-state index is 12.6. The number of fused-ring (bicyclic) bond motifs is 2. The topological polar surface area (TPSA) is 119 Å². The van der Waals surface area contributed by atoms with E-state index in [1.54, 1.807) is 40.6 Å². The lowest BCUT2D eigenvalue weighted by molar-refractivity contribution is -0.116. The van der Waals surface area contributed by atoms with Crippen LogP contribution < -0.4 is 14.4 Å². The molecule has 1 aliphatic heterocycles. The van der Waals surface area contributed by atoms with E-state index in [0.29, 0.717) is 30.3 Å². The van der Waals surface area contributed by atoms with Crippen LogP contribution in [-0.2, 0) is 21.2 Å². The van der Waals surface area contributed by atoms with E-state index < -0.39 is 10.0 Å². The van der Waals surface area contributed by atoms with E-state index in [4.69, 9.17) is 4.74 Å². The molecular weight excluding hydrogens is 396 g/mol. The summed E-state index contributed by atoms with van der Waals surface area (Å²) in [6, 6.07) is 8.18. The number of hydrogen-bond donors (Lipinski definition) is 1. The molecule has 0 unspecified atom stereocenters. The number of carbonyl (C=O) groups excluding carboxylic acids is 1. The van der Waals surface area contributed by atoms with Gasteiger partial charge in [-0.25, -0.2) is 13.1 Å². The van der Waals surface area contributed by atoms with Crippen molar-refractivity contribution in [2.75, 3.05) is 24.6 Å². The average Bonchev–Trinajstić information content (AvgIpc) is 3.28. The van der Waals surface area contributed by atoms with Gasteiger partial charge in [-0.1, -0.05) is 0 Å². The fraction of sp³-hybridized carbons (Fsp3) is 0.333. The van der Waals surface area contributed by atoms with Crippen LogP contribution in [0.3, 0.4) is 0 Å². The quantitative estimate of drug-likeness (QED) is 0.588. The third-order valence-electron chi connectivity index (χ3n) is 4.68. The molecule has 2 aromatic heterocycles. The van der Waals surface area contributed by atoms with Crippen molar-refractivity contribution >= 4 is 27.3 Å². The predicted molar refractivity (Wildman–Crippen MR) is 104 cm³/mol. The Morgan fingerprint density at radius 1 is 1.24 bits per heavy atom. The number of sulfonamides is 1. The van der Waals surface area contributed by atoms with Crippen LogP contribution in [0.4, 0.5) is 5.69 Å². The van der Waals surface area contributed by atoms with Crippen molar-refractivity contribution in [1.82, 2.24) is 24.5 Å². The Labute approximate surface area is 167 Å². The molecule has 11 heteroatoms. The first-order chi connectivity index (χ1) is 13.8. The number of aromatic nitrogens is 4. The minimum Gasteiger partial charge on any atom is -0.475 e. The van der Waals surface area contributed by atoms with Crippen LogP contribution in [0.15, 0.2) is 35.2 Å². The number of hydrogen-bond acceptors (Lipinski definition) is 7. The smallest absolute Gasteiger partial charge is 0.240 e. The minimum absolute atomic E-state index is 0.0527. The number of rotatable bonds is 6. The molecule has 29 heavy (non-hydrogen) atoms. The lowest BCUT2D eigenvalue weighted by Gasteiger charge is -2.15. The number of nitrogens with one attached hydrogen (secondary N) is 1. The molecule has 152 valence electrons. The lowest BCUT2D eigenvalue weighted by atomic mass is 10.2. The number of anilines is 1. The van der Waals surface area contributed by atoms with Crippen LogP contribution in [0.5, 0.6) is 5.88 Å². The minimum atomic E-state index is -3.69. The molecule has 10 nitrogen and oxygen atoms in total. The van der Waals surface area contributed by atoms with Crippen LogP contribution in [0.2, 0.25) is 0 Å². The summed E-state index contributed by atoms with van der Waals surface area (Å²) in [6.45, 7) is 4.04. The number of ether oxygens (including phenoxy) is 1. The van der Waals surface area contributed by atoms with Gasteiger partial charge in [0.1, 0.15) is 6.61 Å². The molecule has 0 spiro atoms. The first kappa shape index (κ1) is 19.3.